The van der Waals surface area contributed by atoms with Gasteiger partial charge < -0.3 is 29.9 Å². The summed E-state index contributed by atoms with van der Waals surface area (Å²) in [7, 11) is 0. The average Bonchev–Trinajstić information content (AvgIpc) is 2.78. The van der Waals surface area contributed by atoms with Crippen LogP contribution < -0.4 is 0 Å². The van der Waals surface area contributed by atoms with E-state index in [9.17, 15) is 41.0 Å². The topological polar surface area (TPSA) is 134 Å². The average molecular weight is 528 g/mol. The molecule has 0 amide bonds. The zero-order chi connectivity index (χ0) is 27.5. The van der Waals surface area contributed by atoms with Crippen LogP contribution in [0.2, 0.25) is 0 Å². The summed E-state index contributed by atoms with van der Waals surface area (Å²) in [5, 5.41) is 35.7. The van der Waals surface area contributed by atoms with Gasteiger partial charge in [0, 0.05) is 0 Å². The predicted molar refractivity (Wildman–Crippen MR) is 110 cm³/mol. The van der Waals surface area contributed by atoms with Crippen molar-refractivity contribution in [1.82, 2.24) is 0 Å². The van der Waals surface area contributed by atoms with Crippen LogP contribution in [0.3, 0.4) is 0 Å². The number of carboxylic acids is 2. The number of ether oxygens (including phenoxy) is 2. The van der Waals surface area contributed by atoms with E-state index in [1.165, 1.54) is 48.5 Å². The van der Waals surface area contributed by atoms with Gasteiger partial charge >= 0.3 is 24.3 Å². The molecule has 0 aliphatic heterocycles. The molecule has 2 aromatic carbocycles. The molecule has 0 fully saturated rings. The van der Waals surface area contributed by atoms with Gasteiger partial charge in [0.1, 0.15) is 25.4 Å². The summed E-state index contributed by atoms with van der Waals surface area (Å²) < 4.78 is 80.0. The van der Waals surface area contributed by atoms with Crippen LogP contribution >= 0.6 is 0 Å². The van der Waals surface area contributed by atoms with E-state index in [1.54, 1.807) is 0 Å². The number of hydrogen-bond donors (Lipinski definition) is 4. The van der Waals surface area contributed by atoms with Crippen LogP contribution in [0.1, 0.15) is 44.1 Å². The fourth-order valence-corrected chi connectivity index (χ4v) is 2.52. The van der Waals surface area contributed by atoms with Crippen molar-refractivity contribution < 1.29 is 65.8 Å². The Labute approximate surface area is 200 Å². The summed E-state index contributed by atoms with van der Waals surface area (Å²) in [5.41, 5.74) is 0.613. The molecule has 2 rings (SSSR count). The highest BCUT2D eigenvalue weighted by atomic mass is 19.4. The maximum absolute atomic E-state index is 12.0. The van der Waals surface area contributed by atoms with Gasteiger partial charge in [0.05, 0.1) is 24.3 Å². The molecule has 200 valence electrons. The van der Waals surface area contributed by atoms with Gasteiger partial charge in [0.2, 0.25) is 0 Å². The Bertz CT molecular complexity index is 958. The van der Waals surface area contributed by atoms with Gasteiger partial charge in [-0.3, -0.25) is 0 Å². The molecule has 0 saturated heterocycles. The molecule has 0 heterocycles. The lowest BCUT2D eigenvalue weighted by Gasteiger charge is -2.17. The lowest BCUT2D eigenvalue weighted by atomic mass is 10.1. The number of aliphatic hydroxyl groups excluding tert-OH is 2. The van der Waals surface area contributed by atoms with E-state index >= 15 is 0 Å². The van der Waals surface area contributed by atoms with Crippen LogP contribution in [-0.4, -0.2) is 71.1 Å². The SMILES string of the molecule is O=C(O)c1ccc(C(CO)OCC(F)(F)F)cc1.O=C(O)c1ccc(C(O)COCC(F)(F)F)cc1. The minimum Gasteiger partial charge on any atom is -0.478 e. The smallest absolute Gasteiger partial charge is 0.411 e. The minimum absolute atomic E-state index is 0.00580. The first-order valence-corrected chi connectivity index (χ1v) is 9.91. The Morgan fingerprint density at radius 2 is 1.17 bits per heavy atom. The quantitative estimate of drug-likeness (QED) is 0.340. The summed E-state index contributed by atoms with van der Waals surface area (Å²) in [6.45, 7) is -4.04. The monoisotopic (exact) mass is 528 g/mol. The number of hydrogen-bond acceptors (Lipinski definition) is 6. The van der Waals surface area contributed by atoms with E-state index < -0.39 is 62.9 Å². The third-order valence-electron chi connectivity index (χ3n) is 4.23. The van der Waals surface area contributed by atoms with Crippen LogP contribution in [-0.2, 0) is 9.47 Å². The second-order valence-electron chi connectivity index (χ2n) is 7.10. The number of alkyl halides is 6. The van der Waals surface area contributed by atoms with Gasteiger partial charge in [0.15, 0.2) is 0 Å². The molecule has 0 saturated carbocycles. The molecule has 2 atom stereocenters. The fraction of sp³-hybridized carbons (Fsp3) is 0.364. The van der Waals surface area contributed by atoms with E-state index in [0.29, 0.717) is 5.56 Å². The molecule has 0 aliphatic carbocycles. The maximum atomic E-state index is 12.0. The second-order valence-corrected chi connectivity index (χ2v) is 7.10. The molecule has 0 radical (unpaired) electrons. The van der Waals surface area contributed by atoms with Gasteiger partial charge in [-0.15, -0.1) is 0 Å². The van der Waals surface area contributed by atoms with Gasteiger partial charge in [0.25, 0.3) is 0 Å². The lowest BCUT2D eigenvalue weighted by Crippen LogP contribution is -2.21. The summed E-state index contributed by atoms with van der Waals surface area (Å²) in [6, 6.07) is 10.2. The Hall–Kier alpha value is -3.20. The Kier molecular flexibility index (Phi) is 11.8. The zero-order valence-electron chi connectivity index (χ0n) is 18.3. The molecule has 0 bridgehead atoms. The number of aliphatic hydroxyl groups is 2. The molecule has 0 spiro atoms. The summed E-state index contributed by atoms with van der Waals surface area (Å²) in [5.74, 6) is -2.26. The third-order valence-corrected chi connectivity index (χ3v) is 4.23. The molecule has 36 heavy (non-hydrogen) atoms. The van der Waals surface area contributed by atoms with Gasteiger partial charge in [-0.2, -0.15) is 26.3 Å². The Morgan fingerprint density at radius 3 is 1.53 bits per heavy atom. The number of rotatable bonds is 10. The Morgan fingerprint density at radius 1 is 0.750 bits per heavy atom. The number of benzene rings is 2. The van der Waals surface area contributed by atoms with E-state index in [4.69, 9.17) is 15.3 Å². The Balaban J connectivity index is 0.000000360. The van der Waals surface area contributed by atoms with Crippen molar-refractivity contribution in [1.29, 1.82) is 0 Å². The second kappa shape index (κ2) is 13.8. The largest absolute Gasteiger partial charge is 0.478 e. The van der Waals surface area contributed by atoms with Crippen molar-refractivity contribution in [3.8, 4) is 0 Å². The summed E-state index contributed by atoms with van der Waals surface area (Å²) in [6.07, 6.45) is -11.3. The first-order chi connectivity index (χ1) is 16.6. The van der Waals surface area contributed by atoms with Gasteiger partial charge in [-0.1, -0.05) is 24.3 Å². The third kappa shape index (κ3) is 12.0. The standard InChI is InChI=1S/2C11H11F3O4/c12-11(13,14)6-18-5-9(15)7-1-3-8(4-2-7)10(16)17;12-11(13,14)6-18-9(5-15)7-1-3-8(4-2-7)10(16)17/h2*1-4,9,15H,5-6H2,(H,16,17). The van der Waals surface area contributed by atoms with Crippen molar-refractivity contribution in [3.05, 3.63) is 70.8 Å². The van der Waals surface area contributed by atoms with E-state index in [2.05, 4.69) is 9.47 Å². The van der Waals surface area contributed by atoms with Crippen LogP contribution in [0.5, 0.6) is 0 Å². The molecular weight excluding hydrogens is 506 g/mol. The van der Waals surface area contributed by atoms with Gasteiger partial charge in [-0.25, -0.2) is 9.59 Å². The van der Waals surface area contributed by atoms with Crippen LogP contribution in [0, 0.1) is 0 Å². The van der Waals surface area contributed by atoms with Crippen molar-refractivity contribution in [2.75, 3.05) is 26.4 Å². The molecular formula is C22H22F6O8. The summed E-state index contributed by atoms with van der Waals surface area (Å²) in [4.78, 5) is 21.1. The fourth-order valence-electron chi connectivity index (χ4n) is 2.52. The first kappa shape index (κ1) is 30.8. The molecule has 2 unspecified atom stereocenters. The maximum Gasteiger partial charge on any atom is 0.411 e. The van der Waals surface area contributed by atoms with Crippen molar-refractivity contribution in [3.63, 3.8) is 0 Å². The van der Waals surface area contributed by atoms with Gasteiger partial charge in [-0.05, 0) is 35.4 Å². The normalized spacial score (nSPS) is 13.3. The number of carbonyl (C=O) groups is 2. The number of halogens is 6. The molecule has 0 aromatic heterocycles. The van der Waals surface area contributed by atoms with Crippen molar-refractivity contribution in [2.24, 2.45) is 0 Å². The van der Waals surface area contributed by atoms with Crippen LogP contribution in [0.4, 0.5) is 26.3 Å². The number of aromatic carboxylic acids is 2. The molecule has 2 aromatic rings. The van der Waals surface area contributed by atoms with E-state index in [-0.39, 0.29) is 16.7 Å². The molecule has 14 heteroatoms. The highest BCUT2D eigenvalue weighted by molar-refractivity contribution is 5.88. The minimum atomic E-state index is -4.48. The number of carboxylic acid groups (broad SMARTS) is 2. The predicted octanol–water partition coefficient (Wildman–Crippen LogP) is 3.99. The van der Waals surface area contributed by atoms with Crippen LogP contribution in [0.15, 0.2) is 48.5 Å². The van der Waals surface area contributed by atoms with E-state index in [0.717, 1.165) is 0 Å². The molecule has 0 aliphatic rings. The zero-order valence-corrected chi connectivity index (χ0v) is 18.3. The molecule has 4 N–H and O–H groups in total. The van der Waals surface area contributed by atoms with Crippen LogP contribution in [0.25, 0.3) is 0 Å². The molecule has 8 nitrogen and oxygen atoms in total. The highest BCUT2D eigenvalue weighted by Crippen LogP contribution is 2.23. The first-order valence-electron chi connectivity index (χ1n) is 9.91. The highest BCUT2D eigenvalue weighted by Gasteiger charge is 2.30. The summed E-state index contributed by atoms with van der Waals surface area (Å²) >= 11 is 0. The lowest BCUT2D eigenvalue weighted by molar-refractivity contribution is -0.189. The van der Waals surface area contributed by atoms with E-state index in [1.807, 2.05) is 0 Å². The van der Waals surface area contributed by atoms with Crippen molar-refractivity contribution in [2.45, 2.75) is 24.6 Å². The van der Waals surface area contributed by atoms with Crippen molar-refractivity contribution >= 4 is 11.9 Å².